The van der Waals surface area contributed by atoms with Gasteiger partial charge in [0.05, 0.1) is 0 Å². The Morgan fingerprint density at radius 2 is 0.950 bits per heavy atom. The van der Waals surface area contributed by atoms with E-state index in [0.29, 0.717) is 0 Å². The average molecular weight is 262 g/mol. The Bertz CT molecular complexity index is 687. The van der Waals surface area contributed by atoms with Crippen molar-refractivity contribution in [3.05, 3.63) is 72.8 Å². The van der Waals surface area contributed by atoms with Crippen LogP contribution in [0, 0.1) is 0 Å². The van der Waals surface area contributed by atoms with Crippen LogP contribution in [-0.4, -0.2) is 10.2 Å². The van der Waals surface area contributed by atoms with Gasteiger partial charge in [-0.2, -0.15) is 0 Å². The highest BCUT2D eigenvalue weighted by Crippen LogP contribution is 2.34. The van der Waals surface area contributed by atoms with E-state index in [-0.39, 0.29) is 11.5 Å². The van der Waals surface area contributed by atoms with Crippen LogP contribution in [0.1, 0.15) is 0 Å². The molecule has 0 spiro atoms. The van der Waals surface area contributed by atoms with Crippen molar-refractivity contribution in [2.24, 2.45) is 0 Å². The number of aromatic hydroxyl groups is 2. The van der Waals surface area contributed by atoms with Gasteiger partial charge in [0.25, 0.3) is 0 Å². The molecule has 0 radical (unpaired) electrons. The molecular weight excluding hydrogens is 248 g/mol. The van der Waals surface area contributed by atoms with Crippen molar-refractivity contribution in [3.63, 3.8) is 0 Å². The lowest BCUT2D eigenvalue weighted by atomic mass is 9.98. The number of hydrogen-bond donors (Lipinski definition) is 2. The predicted molar refractivity (Wildman–Crippen MR) is 80.6 cm³/mol. The minimum Gasteiger partial charge on any atom is -0.507 e. The van der Waals surface area contributed by atoms with Gasteiger partial charge in [-0.25, -0.2) is 0 Å². The molecule has 3 aromatic rings. The number of para-hydroxylation sites is 2. The van der Waals surface area contributed by atoms with Crippen LogP contribution in [0.3, 0.4) is 0 Å². The molecule has 2 heteroatoms. The first-order chi connectivity index (χ1) is 9.75. The maximum atomic E-state index is 9.93. The highest BCUT2D eigenvalue weighted by atomic mass is 16.3. The molecule has 0 unspecified atom stereocenters. The second kappa shape index (κ2) is 5.10. The summed E-state index contributed by atoms with van der Waals surface area (Å²) in [5, 5.41) is 19.9. The Labute approximate surface area is 117 Å². The minimum atomic E-state index is 0.252. The lowest BCUT2D eigenvalue weighted by molar-refractivity contribution is 0.477. The molecule has 0 fully saturated rings. The SMILES string of the molecule is Oc1ccccc1-c1cccc(-c2ccccc2O)c1. The minimum absolute atomic E-state index is 0.252. The molecule has 3 aromatic carbocycles. The van der Waals surface area contributed by atoms with Crippen LogP contribution in [0.15, 0.2) is 72.8 Å². The van der Waals surface area contributed by atoms with Gasteiger partial charge in [-0.1, -0.05) is 54.6 Å². The van der Waals surface area contributed by atoms with E-state index in [1.165, 1.54) is 0 Å². The molecule has 0 saturated carbocycles. The van der Waals surface area contributed by atoms with Gasteiger partial charge in [0.1, 0.15) is 11.5 Å². The van der Waals surface area contributed by atoms with Crippen LogP contribution in [0.25, 0.3) is 22.3 Å². The van der Waals surface area contributed by atoms with E-state index in [2.05, 4.69) is 0 Å². The van der Waals surface area contributed by atoms with Crippen molar-refractivity contribution in [3.8, 4) is 33.8 Å². The summed E-state index contributed by atoms with van der Waals surface area (Å²) in [6, 6.07) is 22.2. The first kappa shape index (κ1) is 12.3. The van der Waals surface area contributed by atoms with Crippen molar-refractivity contribution in [2.75, 3.05) is 0 Å². The second-order valence-corrected chi connectivity index (χ2v) is 4.62. The first-order valence-corrected chi connectivity index (χ1v) is 6.42. The number of phenolic OH excluding ortho intramolecular Hbond substituents is 2. The fourth-order valence-corrected chi connectivity index (χ4v) is 2.29. The van der Waals surface area contributed by atoms with Gasteiger partial charge in [0, 0.05) is 11.1 Å². The summed E-state index contributed by atoms with van der Waals surface area (Å²) in [5.41, 5.74) is 3.40. The van der Waals surface area contributed by atoms with Crippen LogP contribution in [0.2, 0.25) is 0 Å². The second-order valence-electron chi connectivity index (χ2n) is 4.62. The van der Waals surface area contributed by atoms with Crippen LogP contribution in [0.4, 0.5) is 0 Å². The number of phenols is 2. The van der Waals surface area contributed by atoms with E-state index in [0.717, 1.165) is 22.3 Å². The van der Waals surface area contributed by atoms with Crippen molar-refractivity contribution >= 4 is 0 Å². The molecule has 98 valence electrons. The molecule has 0 atom stereocenters. The molecular formula is C18H14O2. The molecule has 0 bridgehead atoms. The van der Waals surface area contributed by atoms with Crippen molar-refractivity contribution in [1.29, 1.82) is 0 Å². The third-order valence-corrected chi connectivity index (χ3v) is 3.29. The fraction of sp³-hybridized carbons (Fsp3) is 0. The van der Waals surface area contributed by atoms with E-state index in [4.69, 9.17) is 0 Å². The van der Waals surface area contributed by atoms with Crippen LogP contribution in [-0.2, 0) is 0 Å². The Kier molecular flexibility index (Phi) is 3.13. The number of benzene rings is 3. The number of rotatable bonds is 2. The van der Waals surface area contributed by atoms with Crippen molar-refractivity contribution in [2.45, 2.75) is 0 Å². The summed E-state index contributed by atoms with van der Waals surface area (Å²) in [7, 11) is 0. The quantitative estimate of drug-likeness (QED) is 0.717. The van der Waals surface area contributed by atoms with Gasteiger partial charge in [0.2, 0.25) is 0 Å². The highest BCUT2D eigenvalue weighted by molar-refractivity contribution is 5.78. The number of hydrogen-bond acceptors (Lipinski definition) is 2. The van der Waals surface area contributed by atoms with Crippen molar-refractivity contribution < 1.29 is 10.2 Å². The summed E-state index contributed by atoms with van der Waals surface area (Å²) in [4.78, 5) is 0. The molecule has 2 N–H and O–H groups in total. The smallest absolute Gasteiger partial charge is 0.123 e. The third-order valence-electron chi connectivity index (χ3n) is 3.29. The van der Waals surface area contributed by atoms with Crippen LogP contribution in [0.5, 0.6) is 11.5 Å². The zero-order valence-corrected chi connectivity index (χ0v) is 10.8. The van der Waals surface area contributed by atoms with Gasteiger partial charge in [-0.05, 0) is 29.3 Å². The summed E-state index contributed by atoms with van der Waals surface area (Å²) >= 11 is 0. The van der Waals surface area contributed by atoms with Gasteiger partial charge in [-0.3, -0.25) is 0 Å². The summed E-state index contributed by atoms with van der Waals surface area (Å²) in [6.07, 6.45) is 0. The lowest BCUT2D eigenvalue weighted by Crippen LogP contribution is -1.82. The molecule has 0 amide bonds. The normalized spacial score (nSPS) is 10.4. The highest BCUT2D eigenvalue weighted by Gasteiger charge is 2.07. The molecule has 20 heavy (non-hydrogen) atoms. The zero-order chi connectivity index (χ0) is 13.9. The lowest BCUT2D eigenvalue weighted by Gasteiger charge is -2.08. The molecule has 0 aliphatic heterocycles. The Morgan fingerprint density at radius 1 is 0.500 bits per heavy atom. The maximum absolute atomic E-state index is 9.93. The summed E-state index contributed by atoms with van der Waals surface area (Å²) in [5.74, 6) is 0.504. The molecule has 0 aromatic heterocycles. The van der Waals surface area contributed by atoms with Crippen LogP contribution < -0.4 is 0 Å². The Morgan fingerprint density at radius 3 is 1.40 bits per heavy atom. The van der Waals surface area contributed by atoms with Gasteiger partial charge in [-0.15, -0.1) is 0 Å². The average Bonchev–Trinajstić information content (AvgIpc) is 2.48. The summed E-state index contributed by atoms with van der Waals surface area (Å²) in [6.45, 7) is 0. The summed E-state index contributed by atoms with van der Waals surface area (Å²) < 4.78 is 0. The Hall–Kier alpha value is -2.74. The predicted octanol–water partition coefficient (Wildman–Crippen LogP) is 4.43. The molecule has 3 rings (SSSR count). The van der Waals surface area contributed by atoms with Crippen LogP contribution >= 0.6 is 0 Å². The monoisotopic (exact) mass is 262 g/mol. The topological polar surface area (TPSA) is 40.5 Å². The third kappa shape index (κ3) is 2.24. The molecule has 0 aliphatic carbocycles. The zero-order valence-electron chi connectivity index (χ0n) is 10.8. The van der Waals surface area contributed by atoms with E-state index in [1.54, 1.807) is 24.3 Å². The van der Waals surface area contributed by atoms with E-state index < -0.39 is 0 Å². The van der Waals surface area contributed by atoms with Gasteiger partial charge < -0.3 is 10.2 Å². The first-order valence-electron chi connectivity index (χ1n) is 6.42. The molecule has 0 heterocycles. The molecule has 0 saturated heterocycles. The molecule has 2 nitrogen and oxygen atoms in total. The largest absolute Gasteiger partial charge is 0.507 e. The Balaban J connectivity index is 2.12. The molecule has 0 aliphatic rings. The van der Waals surface area contributed by atoms with Gasteiger partial charge >= 0.3 is 0 Å². The maximum Gasteiger partial charge on any atom is 0.123 e. The van der Waals surface area contributed by atoms with Gasteiger partial charge in [0.15, 0.2) is 0 Å². The fourth-order valence-electron chi connectivity index (χ4n) is 2.29. The van der Waals surface area contributed by atoms with E-state index in [9.17, 15) is 10.2 Å². The van der Waals surface area contributed by atoms with E-state index >= 15 is 0 Å². The standard InChI is InChI=1S/C18H14O2/c19-17-10-3-1-8-15(17)13-6-5-7-14(12-13)16-9-2-4-11-18(16)20/h1-12,19-20H. The van der Waals surface area contributed by atoms with Crippen molar-refractivity contribution in [1.82, 2.24) is 0 Å². The van der Waals surface area contributed by atoms with E-state index in [1.807, 2.05) is 48.5 Å².